The number of nitrogens with two attached hydrogens (primary N) is 1. The number of carbonyl (C=O) groups excluding carboxylic acids is 1. The number of nitrogens with zero attached hydrogens (tertiary/aromatic N) is 1. The molecule has 1 amide bonds. The van der Waals surface area contributed by atoms with Crippen molar-refractivity contribution in [3.05, 3.63) is 29.3 Å². The molecule has 0 aromatic heterocycles. The van der Waals surface area contributed by atoms with E-state index in [2.05, 4.69) is 5.32 Å². The van der Waals surface area contributed by atoms with Gasteiger partial charge in [-0.2, -0.15) is 0 Å². The van der Waals surface area contributed by atoms with Gasteiger partial charge < -0.3 is 15.6 Å². The minimum atomic E-state index is -0.907. The van der Waals surface area contributed by atoms with Gasteiger partial charge in [-0.25, -0.2) is 8.78 Å². The van der Waals surface area contributed by atoms with Crippen LogP contribution in [-0.4, -0.2) is 38.0 Å². The quantitative estimate of drug-likeness (QED) is 0.551. The molecule has 4 N–H and O–H groups in total. The van der Waals surface area contributed by atoms with Gasteiger partial charge in [0, 0.05) is 18.7 Å². The van der Waals surface area contributed by atoms with Gasteiger partial charge in [0.15, 0.2) is 11.6 Å². The van der Waals surface area contributed by atoms with E-state index >= 15 is 0 Å². The van der Waals surface area contributed by atoms with E-state index in [0.29, 0.717) is 6.54 Å². The van der Waals surface area contributed by atoms with Crippen LogP contribution < -0.4 is 16.6 Å². The van der Waals surface area contributed by atoms with Crippen molar-refractivity contribution in [1.82, 2.24) is 10.2 Å². The third-order valence-corrected chi connectivity index (χ3v) is 2.92. The summed E-state index contributed by atoms with van der Waals surface area (Å²) in [6.45, 7) is 5.15. The van der Waals surface area contributed by atoms with Gasteiger partial charge in [0.2, 0.25) is 0 Å². The molecule has 0 spiro atoms. The first-order valence-corrected chi connectivity index (χ1v) is 6.55. The Hall–Kier alpha value is -1.73. The minimum Gasteiger partial charge on any atom is -0.351 e. The van der Waals surface area contributed by atoms with E-state index in [1.54, 1.807) is 0 Å². The van der Waals surface area contributed by atoms with Crippen LogP contribution in [0, 0.1) is 17.0 Å². The van der Waals surface area contributed by atoms with Gasteiger partial charge in [0.1, 0.15) is 5.69 Å². The van der Waals surface area contributed by atoms with Crippen LogP contribution in [0.2, 0.25) is 0 Å². The largest absolute Gasteiger partial charge is 0.351 e. The number of rotatable bonds is 6. The molecule has 5 nitrogen and oxygen atoms in total. The normalized spacial score (nSPS) is 11.6. The van der Waals surface area contributed by atoms with Crippen molar-refractivity contribution in [2.45, 2.75) is 13.8 Å². The lowest BCUT2D eigenvalue weighted by molar-refractivity contribution is 0.0928. The summed E-state index contributed by atoms with van der Waals surface area (Å²) in [4.78, 5) is 14.0. The number of nitrogen functional groups attached to an aromatic ring is 1. The van der Waals surface area contributed by atoms with E-state index in [0.717, 1.165) is 18.7 Å². The third kappa shape index (κ3) is 4.95. The molecular weight excluding hydrogens is 278 g/mol. The number of benzene rings is 1. The zero-order valence-electron chi connectivity index (χ0n) is 12.8. The molecule has 0 aliphatic heterocycles. The van der Waals surface area contributed by atoms with Crippen molar-refractivity contribution in [3.8, 4) is 0 Å². The summed E-state index contributed by atoms with van der Waals surface area (Å²) in [5, 5.41) is 2.69. The molecule has 0 heterocycles. The van der Waals surface area contributed by atoms with Gasteiger partial charge in [-0.3, -0.25) is 10.6 Å². The summed E-state index contributed by atoms with van der Waals surface area (Å²) in [6.07, 6.45) is 0. The Labute approximate surface area is 123 Å². The maximum Gasteiger partial charge on any atom is 0.251 e. The Balaban J connectivity index is 2.77. The number of hydrogen-bond acceptors (Lipinski definition) is 4. The van der Waals surface area contributed by atoms with Gasteiger partial charge in [0.25, 0.3) is 5.91 Å². The Kier molecular flexibility index (Phi) is 5.62. The summed E-state index contributed by atoms with van der Waals surface area (Å²) >= 11 is 0. The zero-order valence-corrected chi connectivity index (χ0v) is 12.8. The summed E-state index contributed by atoms with van der Waals surface area (Å²) in [5.74, 6) is 2.67. The van der Waals surface area contributed by atoms with Crippen LogP contribution in [0.4, 0.5) is 14.5 Å². The van der Waals surface area contributed by atoms with Crippen molar-refractivity contribution >= 4 is 11.6 Å². The molecule has 7 heteroatoms. The maximum atomic E-state index is 13.5. The van der Waals surface area contributed by atoms with E-state index in [1.165, 1.54) is 0 Å². The molecule has 0 bridgehead atoms. The molecule has 0 aliphatic rings. The Morgan fingerprint density at radius 1 is 1.29 bits per heavy atom. The van der Waals surface area contributed by atoms with E-state index in [4.69, 9.17) is 5.84 Å². The number of nitrogens with one attached hydrogen (secondary N) is 2. The lowest BCUT2D eigenvalue weighted by Crippen LogP contribution is -2.40. The van der Waals surface area contributed by atoms with Crippen molar-refractivity contribution in [1.29, 1.82) is 0 Å². The monoisotopic (exact) mass is 300 g/mol. The fourth-order valence-corrected chi connectivity index (χ4v) is 2.18. The van der Waals surface area contributed by atoms with Crippen molar-refractivity contribution in [3.63, 3.8) is 0 Å². The summed E-state index contributed by atoms with van der Waals surface area (Å²) in [6, 6.07) is 1.90. The molecule has 0 unspecified atom stereocenters. The van der Waals surface area contributed by atoms with Crippen LogP contribution in [0.15, 0.2) is 12.1 Å². The van der Waals surface area contributed by atoms with Gasteiger partial charge >= 0.3 is 0 Å². The first kappa shape index (κ1) is 17.3. The van der Waals surface area contributed by atoms with Gasteiger partial charge in [-0.15, -0.1) is 0 Å². The second kappa shape index (κ2) is 6.82. The highest BCUT2D eigenvalue weighted by molar-refractivity contribution is 5.94. The first-order chi connectivity index (χ1) is 9.66. The van der Waals surface area contributed by atoms with Gasteiger partial charge in [-0.1, -0.05) is 13.8 Å². The van der Waals surface area contributed by atoms with Gasteiger partial charge in [0.05, 0.1) is 0 Å². The molecule has 1 aromatic rings. The number of carbonyl (C=O) groups is 1. The second-order valence-corrected chi connectivity index (χ2v) is 6.04. The van der Waals surface area contributed by atoms with E-state index in [-0.39, 0.29) is 11.0 Å². The van der Waals surface area contributed by atoms with E-state index in [9.17, 15) is 13.6 Å². The average Bonchev–Trinajstić information content (AvgIpc) is 2.34. The average molecular weight is 300 g/mol. The summed E-state index contributed by atoms with van der Waals surface area (Å²) in [7, 11) is 3.87. The SMILES string of the molecule is CN(C)CC(C)(C)CNC(=O)c1cc(F)c(NN)c(F)c1. The number of amides is 1. The number of hydrogen-bond donors (Lipinski definition) is 3. The molecule has 0 fully saturated rings. The van der Waals surface area contributed by atoms with Crippen molar-refractivity contribution in [2.75, 3.05) is 32.6 Å². The molecule has 1 aromatic carbocycles. The number of anilines is 1. The Morgan fingerprint density at radius 2 is 1.81 bits per heavy atom. The number of hydrazine groups is 1. The fraction of sp³-hybridized carbons (Fsp3) is 0.500. The lowest BCUT2D eigenvalue weighted by atomic mass is 9.93. The standard InChI is InChI=1S/C14H22F2N4O/c1-14(2,8-20(3)4)7-18-13(21)9-5-10(15)12(19-17)11(16)6-9/h5-6,19H,7-8,17H2,1-4H3,(H,18,21). The van der Waals surface area contributed by atoms with Crippen LogP contribution in [0.25, 0.3) is 0 Å². The Bertz CT molecular complexity index is 495. The van der Waals surface area contributed by atoms with Crippen LogP contribution in [-0.2, 0) is 0 Å². The highest BCUT2D eigenvalue weighted by atomic mass is 19.1. The van der Waals surface area contributed by atoms with Crippen LogP contribution in [0.1, 0.15) is 24.2 Å². The van der Waals surface area contributed by atoms with Crippen LogP contribution in [0.3, 0.4) is 0 Å². The third-order valence-electron chi connectivity index (χ3n) is 2.92. The fourth-order valence-electron chi connectivity index (χ4n) is 2.18. The van der Waals surface area contributed by atoms with E-state index < -0.39 is 23.2 Å². The highest BCUT2D eigenvalue weighted by Crippen LogP contribution is 2.20. The van der Waals surface area contributed by atoms with E-state index in [1.807, 2.05) is 38.3 Å². The van der Waals surface area contributed by atoms with Crippen molar-refractivity contribution < 1.29 is 13.6 Å². The van der Waals surface area contributed by atoms with Crippen LogP contribution >= 0.6 is 0 Å². The molecule has 0 aliphatic carbocycles. The maximum absolute atomic E-state index is 13.5. The molecule has 118 valence electrons. The summed E-state index contributed by atoms with van der Waals surface area (Å²) < 4.78 is 27.1. The van der Waals surface area contributed by atoms with Gasteiger partial charge in [-0.05, 0) is 31.6 Å². The lowest BCUT2D eigenvalue weighted by Gasteiger charge is -2.28. The minimum absolute atomic E-state index is 0.0790. The predicted molar refractivity (Wildman–Crippen MR) is 78.8 cm³/mol. The molecule has 0 saturated carbocycles. The predicted octanol–water partition coefficient (Wildman–Crippen LogP) is 1.57. The molecule has 0 saturated heterocycles. The molecule has 21 heavy (non-hydrogen) atoms. The zero-order chi connectivity index (χ0) is 16.2. The highest BCUT2D eigenvalue weighted by Gasteiger charge is 2.21. The Morgan fingerprint density at radius 3 is 2.24 bits per heavy atom. The smallest absolute Gasteiger partial charge is 0.251 e. The molecule has 1 rings (SSSR count). The molecular formula is C14H22F2N4O. The van der Waals surface area contributed by atoms with Crippen LogP contribution in [0.5, 0.6) is 0 Å². The second-order valence-electron chi connectivity index (χ2n) is 6.04. The first-order valence-electron chi connectivity index (χ1n) is 6.55. The summed E-state index contributed by atoms with van der Waals surface area (Å²) in [5.41, 5.74) is 1.22. The van der Waals surface area contributed by atoms with Crippen molar-refractivity contribution in [2.24, 2.45) is 11.3 Å². The topological polar surface area (TPSA) is 70.4 Å². The molecule has 0 atom stereocenters. The molecule has 0 radical (unpaired) electrons. The number of halogens is 2.